The van der Waals surface area contributed by atoms with Crippen LogP contribution in [0.4, 0.5) is 4.79 Å². The first-order valence-corrected chi connectivity index (χ1v) is 14.6. The number of ether oxygens (including phenoxy) is 2. The maximum absolute atomic E-state index is 12.9. The van der Waals surface area contributed by atoms with E-state index in [9.17, 15) is 14.4 Å². The molecule has 2 fully saturated rings. The van der Waals surface area contributed by atoms with E-state index in [0.717, 1.165) is 46.1 Å². The predicted molar refractivity (Wildman–Crippen MR) is 160 cm³/mol. The number of benzene rings is 3. The highest BCUT2D eigenvalue weighted by Gasteiger charge is 2.37. The summed E-state index contributed by atoms with van der Waals surface area (Å²) < 4.78 is 13.3. The van der Waals surface area contributed by atoms with E-state index in [1.807, 2.05) is 30.3 Å². The van der Waals surface area contributed by atoms with E-state index in [1.165, 1.54) is 5.39 Å². The van der Waals surface area contributed by atoms with Crippen LogP contribution in [0.25, 0.3) is 16.8 Å². The van der Waals surface area contributed by atoms with Crippen LogP contribution in [0.5, 0.6) is 5.75 Å². The highest BCUT2D eigenvalue weighted by atomic mass is 127. The van der Waals surface area contributed by atoms with Crippen LogP contribution in [0.1, 0.15) is 11.1 Å². The van der Waals surface area contributed by atoms with Gasteiger partial charge in [0.15, 0.2) is 0 Å². The number of halogens is 2. The SMILES string of the molecule is O=C(CN1C(=O)S/C(=C/c2cc(I)c(OCc3cccc4ccccc34)c(I)c2)C1=O)N1CCOCC1. The summed E-state index contributed by atoms with van der Waals surface area (Å²) in [5.74, 6) is 0.0806. The molecule has 0 radical (unpaired) electrons. The summed E-state index contributed by atoms with van der Waals surface area (Å²) in [6.07, 6.45) is 1.70. The maximum Gasteiger partial charge on any atom is 0.294 e. The number of morpholine rings is 1. The fourth-order valence-corrected chi connectivity index (χ4v) is 7.17. The molecule has 2 saturated heterocycles. The Kier molecular flexibility index (Phi) is 8.37. The number of carbonyl (C=O) groups is 3. The molecular weight excluding hydrogens is 718 g/mol. The zero-order chi connectivity index (χ0) is 25.9. The molecule has 190 valence electrons. The Bertz CT molecular complexity index is 1390. The van der Waals surface area contributed by atoms with Gasteiger partial charge < -0.3 is 14.4 Å². The van der Waals surface area contributed by atoms with Gasteiger partial charge in [-0.25, -0.2) is 0 Å². The maximum atomic E-state index is 12.9. The summed E-state index contributed by atoms with van der Waals surface area (Å²) in [6.45, 7) is 2.05. The standard InChI is InChI=1S/C27H22I2N2O5S/c28-21-12-17(13-22(29)25(21)36-16-19-6-3-5-18-4-1-2-7-20(18)19)14-23-26(33)31(27(34)37-23)15-24(32)30-8-10-35-11-9-30/h1-7,12-14H,8-11,15-16H2/b23-14+. The van der Waals surface area contributed by atoms with Gasteiger partial charge in [-0.3, -0.25) is 19.3 Å². The molecular formula is C27H22I2N2O5S. The molecule has 2 heterocycles. The first kappa shape index (κ1) is 26.4. The summed E-state index contributed by atoms with van der Waals surface area (Å²) in [7, 11) is 0. The average molecular weight is 740 g/mol. The number of imide groups is 1. The number of nitrogens with zero attached hydrogens (tertiary/aromatic N) is 2. The minimum absolute atomic E-state index is 0.247. The summed E-state index contributed by atoms with van der Waals surface area (Å²) in [5, 5.41) is 1.90. The van der Waals surface area contributed by atoms with Gasteiger partial charge in [-0.15, -0.1) is 0 Å². The van der Waals surface area contributed by atoms with Crippen LogP contribution in [-0.2, 0) is 20.9 Å². The molecule has 3 amide bonds. The van der Waals surface area contributed by atoms with Crippen LogP contribution >= 0.6 is 56.9 Å². The van der Waals surface area contributed by atoms with Gasteiger partial charge in [0.1, 0.15) is 18.9 Å². The number of amides is 3. The summed E-state index contributed by atoms with van der Waals surface area (Å²) in [6, 6.07) is 18.2. The van der Waals surface area contributed by atoms with Gasteiger partial charge in [-0.05, 0) is 97.1 Å². The van der Waals surface area contributed by atoms with Crippen molar-refractivity contribution in [3.63, 3.8) is 0 Å². The first-order valence-electron chi connectivity index (χ1n) is 11.6. The third-order valence-electron chi connectivity index (χ3n) is 6.10. The minimum Gasteiger partial charge on any atom is -0.487 e. The highest BCUT2D eigenvalue weighted by molar-refractivity contribution is 14.1. The molecule has 0 spiro atoms. The van der Waals surface area contributed by atoms with Gasteiger partial charge in [-0.1, -0.05) is 42.5 Å². The fraction of sp³-hybridized carbons (Fsp3) is 0.222. The second-order valence-electron chi connectivity index (χ2n) is 8.50. The Balaban J connectivity index is 1.29. The summed E-state index contributed by atoms with van der Waals surface area (Å²) in [4.78, 5) is 40.9. The number of thioether (sulfide) groups is 1. The molecule has 0 unspecified atom stereocenters. The van der Waals surface area contributed by atoms with Crippen molar-refractivity contribution in [2.75, 3.05) is 32.8 Å². The van der Waals surface area contributed by atoms with Crippen LogP contribution in [0.15, 0.2) is 59.5 Å². The van der Waals surface area contributed by atoms with E-state index < -0.39 is 11.1 Å². The Morgan fingerprint density at radius 1 is 1.03 bits per heavy atom. The first-order chi connectivity index (χ1) is 17.9. The molecule has 3 aromatic rings. The van der Waals surface area contributed by atoms with Crippen LogP contribution < -0.4 is 4.74 Å². The molecule has 0 aliphatic carbocycles. The predicted octanol–water partition coefficient (Wildman–Crippen LogP) is 5.52. The van der Waals surface area contributed by atoms with E-state index in [1.54, 1.807) is 11.0 Å². The molecule has 37 heavy (non-hydrogen) atoms. The molecule has 10 heteroatoms. The lowest BCUT2D eigenvalue weighted by atomic mass is 10.1. The summed E-state index contributed by atoms with van der Waals surface area (Å²) in [5.41, 5.74) is 1.89. The molecule has 5 rings (SSSR count). The molecule has 0 saturated carbocycles. The molecule has 3 aromatic carbocycles. The van der Waals surface area contributed by atoms with Crippen LogP contribution in [0.2, 0.25) is 0 Å². The number of hydrogen-bond acceptors (Lipinski definition) is 6. The average Bonchev–Trinajstić information content (AvgIpc) is 3.16. The van der Waals surface area contributed by atoms with Crippen molar-refractivity contribution in [1.29, 1.82) is 0 Å². The highest BCUT2D eigenvalue weighted by Crippen LogP contribution is 2.35. The lowest BCUT2D eigenvalue weighted by Gasteiger charge is -2.28. The fourth-order valence-electron chi connectivity index (χ4n) is 4.20. The van der Waals surface area contributed by atoms with E-state index >= 15 is 0 Å². The van der Waals surface area contributed by atoms with E-state index in [2.05, 4.69) is 69.4 Å². The number of fused-ring (bicyclic) bond motifs is 1. The minimum atomic E-state index is -0.446. The molecule has 0 N–H and O–H groups in total. The molecule has 7 nitrogen and oxygen atoms in total. The monoisotopic (exact) mass is 740 g/mol. The zero-order valence-electron chi connectivity index (χ0n) is 19.6. The Morgan fingerprint density at radius 3 is 2.49 bits per heavy atom. The molecule has 2 aliphatic heterocycles. The van der Waals surface area contributed by atoms with Crippen LogP contribution in [0, 0.1) is 7.14 Å². The van der Waals surface area contributed by atoms with Gasteiger partial charge in [0.25, 0.3) is 11.1 Å². The van der Waals surface area contributed by atoms with Crippen molar-refractivity contribution in [3.8, 4) is 5.75 Å². The third kappa shape index (κ3) is 5.96. The summed E-state index contributed by atoms with van der Waals surface area (Å²) >= 11 is 5.31. The number of carbonyl (C=O) groups excluding carboxylic acids is 3. The van der Waals surface area contributed by atoms with Crippen LogP contribution in [-0.4, -0.2) is 59.7 Å². The smallest absolute Gasteiger partial charge is 0.294 e. The van der Waals surface area contributed by atoms with Crippen molar-refractivity contribution in [2.45, 2.75) is 6.61 Å². The Morgan fingerprint density at radius 2 is 1.73 bits per heavy atom. The van der Waals surface area contributed by atoms with Crippen molar-refractivity contribution < 1.29 is 23.9 Å². The van der Waals surface area contributed by atoms with Crippen LogP contribution in [0.3, 0.4) is 0 Å². The zero-order valence-corrected chi connectivity index (χ0v) is 24.7. The molecule has 0 bridgehead atoms. The van der Waals surface area contributed by atoms with Gasteiger partial charge in [-0.2, -0.15) is 0 Å². The molecule has 0 atom stereocenters. The van der Waals surface area contributed by atoms with Crippen molar-refractivity contribution in [3.05, 3.63) is 77.8 Å². The quantitative estimate of drug-likeness (QED) is 0.245. The third-order valence-corrected chi connectivity index (χ3v) is 8.61. The topological polar surface area (TPSA) is 76.2 Å². The van der Waals surface area contributed by atoms with E-state index in [-0.39, 0.29) is 12.5 Å². The Labute approximate surface area is 245 Å². The van der Waals surface area contributed by atoms with Gasteiger partial charge in [0.2, 0.25) is 5.91 Å². The number of rotatable bonds is 6. The van der Waals surface area contributed by atoms with Crippen molar-refractivity contribution >= 4 is 90.8 Å². The van der Waals surface area contributed by atoms with Crippen molar-refractivity contribution in [2.24, 2.45) is 0 Å². The van der Waals surface area contributed by atoms with Gasteiger partial charge >= 0.3 is 0 Å². The van der Waals surface area contributed by atoms with E-state index in [0.29, 0.717) is 37.8 Å². The van der Waals surface area contributed by atoms with Gasteiger partial charge in [0.05, 0.1) is 25.3 Å². The lowest BCUT2D eigenvalue weighted by Crippen LogP contribution is -2.46. The Hall–Kier alpha value is -2.16. The second kappa shape index (κ2) is 11.7. The second-order valence-corrected chi connectivity index (χ2v) is 11.8. The molecule has 2 aliphatic rings. The van der Waals surface area contributed by atoms with Crippen molar-refractivity contribution in [1.82, 2.24) is 9.80 Å². The lowest BCUT2D eigenvalue weighted by molar-refractivity contribution is -0.139. The van der Waals surface area contributed by atoms with Gasteiger partial charge in [0, 0.05) is 13.1 Å². The normalized spacial score (nSPS) is 17.2. The largest absolute Gasteiger partial charge is 0.487 e. The molecule has 0 aromatic heterocycles. The number of hydrogen-bond donors (Lipinski definition) is 0. The van der Waals surface area contributed by atoms with E-state index in [4.69, 9.17) is 9.47 Å².